The minimum absolute atomic E-state index is 0.245. The molecule has 0 amide bonds. The highest BCUT2D eigenvalue weighted by atomic mass is 15.2. The average Bonchev–Trinajstić information content (AvgIpc) is 2.77. The van der Waals surface area contributed by atoms with Crippen LogP contribution in [0, 0.1) is 0 Å². The Morgan fingerprint density at radius 1 is 1.29 bits per heavy atom. The molecule has 1 aromatic rings. The fourth-order valence-electron chi connectivity index (χ4n) is 2.89. The molecular formula is C16H23N. The Hall–Kier alpha value is -1.08. The molecule has 2 rings (SSSR count). The molecule has 1 saturated heterocycles. The van der Waals surface area contributed by atoms with Crippen LogP contribution in [0.1, 0.15) is 50.8 Å². The number of hydrogen-bond acceptors (Lipinski definition) is 1. The van der Waals surface area contributed by atoms with Gasteiger partial charge in [0.15, 0.2) is 0 Å². The second kappa shape index (κ2) is 4.66. The van der Waals surface area contributed by atoms with E-state index in [2.05, 4.69) is 56.5 Å². The van der Waals surface area contributed by atoms with Crippen LogP contribution in [0.2, 0.25) is 0 Å². The monoisotopic (exact) mass is 229 g/mol. The van der Waals surface area contributed by atoms with Crippen molar-refractivity contribution in [3.05, 3.63) is 42.0 Å². The van der Waals surface area contributed by atoms with Crippen molar-refractivity contribution in [2.75, 3.05) is 6.54 Å². The zero-order valence-corrected chi connectivity index (χ0v) is 11.2. The van der Waals surface area contributed by atoms with Crippen molar-refractivity contribution in [1.82, 2.24) is 4.90 Å². The van der Waals surface area contributed by atoms with E-state index in [-0.39, 0.29) is 5.54 Å². The zero-order chi connectivity index (χ0) is 12.5. The first kappa shape index (κ1) is 12.4. The highest BCUT2D eigenvalue weighted by molar-refractivity contribution is 5.53. The molecule has 1 atom stereocenters. The number of rotatable bonds is 2. The first-order valence-corrected chi connectivity index (χ1v) is 6.52. The Kier molecular flexibility index (Phi) is 3.39. The number of benzene rings is 1. The van der Waals surface area contributed by atoms with Crippen molar-refractivity contribution >= 4 is 6.08 Å². The predicted octanol–water partition coefficient (Wildman–Crippen LogP) is 4.27. The van der Waals surface area contributed by atoms with E-state index in [1.807, 2.05) is 6.08 Å². The van der Waals surface area contributed by atoms with Gasteiger partial charge in [-0.25, -0.2) is 0 Å². The number of nitrogens with zero attached hydrogens (tertiary/aromatic N) is 1. The van der Waals surface area contributed by atoms with Crippen LogP contribution in [-0.4, -0.2) is 17.0 Å². The van der Waals surface area contributed by atoms with Gasteiger partial charge in [-0.05, 0) is 51.3 Å². The molecule has 0 aromatic heterocycles. The quantitative estimate of drug-likeness (QED) is 0.732. The first-order valence-electron chi connectivity index (χ1n) is 6.52. The van der Waals surface area contributed by atoms with Crippen molar-refractivity contribution in [1.29, 1.82) is 0 Å². The van der Waals surface area contributed by atoms with E-state index in [9.17, 15) is 0 Å². The van der Waals surface area contributed by atoms with Crippen molar-refractivity contribution in [3.63, 3.8) is 0 Å². The summed E-state index contributed by atoms with van der Waals surface area (Å²) in [5.41, 5.74) is 2.97. The summed E-state index contributed by atoms with van der Waals surface area (Å²) in [5, 5.41) is 0. The summed E-state index contributed by atoms with van der Waals surface area (Å²) in [7, 11) is 0. The Morgan fingerprint density at radius 3 is 2.65 bits per heavy atom. The van der Waals surface area contributed by atoms with Gasteiger partial charge in [-0.15, -0.1) is 0 Å². The van der Waals surface area contributed by atoms with Crippen LogP contribution in [0.15, 0.2) is 30.8 Å². The van der Waals surface area contributed by atoms with Gasteiger partial charge < -0.3 is 0 Å². The average molecular weight is 229 g/mol. The molecule has 17 heavy (non-hydrogen) atoms. The van der Waals surface area contributed by atoms with Gasteiger partial charge in [0.05, 0.1) is 0 Å². The lowest BCUT2D eigenvalue weighted by molar-refractivity contribution is 0.121. The fourth-order valence-corrected chi connectivity index (χ4v) is 2.89. The highest BCUT2D eigenvalue weighted by Crippen LogP contribution is 2.38. The summed E-state index contributed by atoms with van der Waals surface area (Å²) in [6.45, 7) is 12.1. The third kappa shape index (κ3) is 2.44. The molecular weight excluding hydrogens is 206 g/mol. The maximum Gasteiger partial charge on any atom is 0.0359 e. The van der Waals surface area contributed by atoms with Gasteiger partial charge in [-0.2, -0.15) is 0 Å². The number of hydrogen-bond donors (Lipinski definition) is 0. The van der Waals surface area contributed by atoms with Crippen LogP contribution in [0.25, 0.3) is 6.08 Å². The molecule has 1 aromatic carbocycles. The first-order chi connectivity index (χ1) is 8.04. The molecule has 1 aliphatic rings. The maximum atomic E-state index is 3.93. The third-order valence-electron chi connectivity index (χ3n) is 3.69. The molecule has 0 aliphatic carbocycles. The van der Waals surface area contributed by atoms with Crippen LogP contribution < -0.4 is 0 Å². The van der Waals surface area contributed by atoms with E-state index in [0.29, 0.717) is 6.04 Å². The van der Waals surface area contributed by atoms with Crippen LogP contribution in [0.3, 0.4) is 0 Å². The Balaban J connectivity index is 2.36. The highest BCUT2D eigenvalue weighted by Gasteiger charge is 2.34. The van der Waals surface area contributed by atoms with Gasteiger partial charge in [-0.3, -0.25) is 4.90 Å². The molecule has 1 nitrogen and oxygen atoms in total. The molecule has 0 spiro atoms. The predicted molar refractivity (Wildman–Crippen MR) is 75.0 cm³/mol. The zero-order valence-electron chi connectivity index (χ0n) is 11.2. The summed E-state index contributed by atoms with van der Waals surface area (Å²) in [6.07, 6.45) is 4.55. The summed E-state index contributed by atoms with van der Waals surface area (Å²) in [6, 6.07) is 9.22. The molecule has 1 heterocycles. The van der Waals surface area contributed by atoms with Crippen LogP contribution >= 0.6 is 0 Å². The normalized spacial score (nSPS) is 21.7. The molecule has 0 radical (unpaired) electrons. The lowest BCUT2D eigenvalue weighted by Gasteiger charge is -2.37. The van der Waals surface area contributed by atoms with E-state index in [4.69, 9.17) is 0 Å². The molecule has 1 aliphatic heterocycles. The molecule has 1 heteroatoms. The Bertz CT molecular complexity index is 400. The van der Waals surface area contributed by atoms with Crippen molar-refractivity contribution in [3.8, 4) is 0 Å². The molecule has 0 bridgehead atoms. The van der Waals surface area contributed by atoms with E-state index in [1.54, 1.807) is 0 Å². The van der Waals surface area contributed by atoms with Crippen LogP contribution in [0.4, 0.5) is 0 Å². The topological polar surface area (TPSA) is 3.24 Å². The molecule has 0 saturated carbocycles. The van der Waals surface area contributed by atoms with Gasteiger partial charge in [0, 0.05) is 11.6 Å². The summed E-state index contributed by atoms with van der Waals surface area (Å²) >= 11 is 0. The molecule has 0 N–H and O–H groups in total. The van der Waals surface area contributed by atoms with Gasteiger partial charge in [0.1, 0.15) is 0 Å². The molecule has 92 valence electrons. The second-order valence-electron chi connectivity index (χ2n) is 5.86. The van der Waals surface area contributed by atoms with Crippen molar-refractivity contribution in [2.45, 2.75) is 45.2 Å². The fraction of sp³-hybridized carbons (Fsp3) is 0.500. The SMILES string of the molecule is C=Cc1ccccc1C1CCCN1C(C)(C)C. The minimum Gasteiger partial charge on any atom is -0.291 e. The Labute approximate surface area is 105 Å². The van der Waals surface area contributed by atoms with Crippen LogP contribution in [0.5, 0.6) is 0 Å². The Morgan fingerprint density at radius 2 is 2.00 bits per heavy atom. The second-order valence-corrected chi connectivity index (χ2v) is 5.86. The maximum absolute atomic E-state index is 3.93. The van der Waals surface area contributed by atoms with Crippen molar-refractivity contribution < 1.29 is 0 Å². The number of likely N-dealkylation sites (tertiary alicyclic amines) is 1. The largest absolute Gasteiger partial charge is 0.291 e. The van der Waals surface area contributed by atoms with Gasteiger partial charge in [0.25, 0.3) is 0 Å². The van der Waals surface area contributed by atoms with E-state index in [0.717, 1.165) is 0 Å². The van der Waals surface area contributed by atoms with Gasteiger partial charge in [-0.1, -0.05) is 36.9 Å². The summed E-state index contributed by atoms with van der Waals surface area (Å²) in [5.74, 6) is 0. The van der Waals surface area contributed by atoms with E-state index >= 15 is 0 Å². The van der Waals surface area contributed by atoms with E-state index < -0.39 is 0 Å². The van der Waals surface area contributed by atoms with Gasteiger partial charge >= 0.3 is 0 Å². The van der Waals surface area contributed by atoms with Crippen molar-refractivity contribution in [2.24, 2.45) is 0 Å². The lowest BCUT2D eigenvalue weighted by atomic mass is 9.95. The lowest BCUT2D eigenvalue weighted by Crippen LogP contribution is -2.40. The van der Waals surface area contributed by atoms with Gasteiger partial charge in [0.2, 0.25) is 0 Å². The van der Waals surface area contributed by atoms with E-state index in [1.165, 1.54) is 30.5 Å². The standard InChI is InChI=1S/C16H23N/c1-5-13-9-6-7-10-14(13)15-11-8-12-17(15)16(2,3)4/h5-7,9-10,15H,1,8,11-12H2,2-4H3. The molecule has 1 unspecified atom stereocenters. The summed E-state index contributed by atoms with van der Waals surface area (Å²) < 4.78 is 0. The molecule has 1 fully saturated rings. The van der Waals surface area contributed by atoms with Crippen LogP contribution in [-0.2, 0) is 0 Å². The smallest absolute Gasteiger partial charge is 0.0359 e. The summed E-state index contributed by atoms with van der Waals surface area (Å²) in [4.78, 5) is 2.62. The third-order valence-corrected chi connectivity index (χ3v) is 3.69. The minimum atomic E-state index is 0.245.